The second-order valence-corrected chi connectivity index (χ2v) is 9.99. The summed E-state index contributed by atoms with van der Waals surface area (Å²) in [4.78, 5) is 7.40. The smallest absolute Gasteiger partial charge is 0.243 e. The lowest BCUT2D eigenvalue weighted by Gasteiger charge is -2.33. The molecule has 2 heterocycles. The van der Waals surface area contributed by atoms with Crippen molar-refractivity contribution >= 4 is 36.7 Å². The summed E-state index contributed by atoms with van der Waals surface area (Å²) in [5.41, 5.74) is 4.53. The van der Waals surface area contributed by atoms with Crippen LogP contribution in [0.15, 0.2) is 41.3 Å². The maximum atomic E-state index is 12.9. The van der Waals surface area contributed by atoms with E-state index in [1.54, 1.807) is 27.8 Å². The minimum atomic E-state index is -3.43. The molecular formula is C20H23N3O2S2. The summed E-state index contributed by atoms with van der Waals surface area (Å²) in [6.07, 6.45) is 0. The van der Waals surface area contributed by atoms with Crippen LogP contribution in [0.2, 0.25) is 0 Å². The Morgan fingerprint density at radius 1 is 0.889 bits per heavy atom. The number of sulfonamides is 1. The number of aromatic nitrogens is 1. The standard InChI is InChI=1S/C20H23N3O2S2/c1-14-4-8-17(9-5-14)27(24,25)23-12-10-22(11-13-23)20-21-18-15(2)6-7-16(3)19(18)26-20/h4-9H,10-13H2,1-3H3. The highest BCUT2D eigenvalue weighted by Gasteiger charge is 2.29. The van der Waals surface area contributed by atoms with E-state index in [1.165, 1.54) is 15.8 Å². The van der Waals surface area contributed by atoms with Crippen LogP contribution in [0, 0.1) is 20.8 Å². The fraction of sp³-hybridized carbons (Fsp3) is 0.350. The number of fused-ring (bicyclic) bond motifs is 1. The lowest BCUT2D eigenvalue weighted by Crippen LogP contribution is -2.48. The number of rotatable bonds is 3. The van der Waals surface area contributed by atoms with Crippen molar-refractivity contribution in [2.75, 3.05) is 31.1 Å². The van der Waals surface area contributed by atoms with Crippen molar-refractivity contribution in [1.29, 1.82) is 0 Å². The van der Waals surface area contributed by atoms with Crippen LogP contribution in [0.1, 0.15) is 16.7 Å². The van der Waals surface area contributed by atoms with Gasteiger partial charge in [-0.15, -0.1) is 0 Å². The molecule has 0 amide bonds. The van der Waals surface area contributed by atoms with Crippen LogP contribution in [0.5, 0.6) is 0 Å². The third kappa shape index (κ3) is 3.35. The van der Waals surface area contributed by atoms with Crippen LogP contribution in [0.4, 0.5) is 5.13 Å². The second kappa shape index (κ2) is 6.89. The fourth-order valence-corrected chi connectivity index (χ4v) is 5.95. The Balaban J connectivity index is 1.53. The van der Waals surface area contributed by atoms with Crippen molar-refractivity contribution in [1.82, 2.24) is 9.29 Å². The van der Waals surface area contributed by atoms with Crippen LogP contribution in [0.25, 0.3) is 10.2 Å². The molecule has 3 aromatic rings. The van der Waals surface area contributed by atoms with E-state index in [1.807, 2.05) is 19.1 Å². The predicted octanol–water partition coefficient (Wildman–Crippen LogP) is 3.73. The van der Waals surface area contributed by atoms with E-state index < -0.39 is 10.0 Å². The van der Waals surface area contributed by atoms with E-state index in [0.717, 1.165) is 16.2 Å². The topological polar surface area (TPSA) is 53.5 Å². The Hall–Kier alpha value is -1.96. The number of piperazine rings is 1. The van der Waals surface area contributed by atoms with E-state index >= 15 is 0 Å². The first-order chi connectivity index (χ1) is 12.9. The van der Waals surface area contributed by atoms with Crippen molar-refractivity contribution in [2.45, 2.75) is 25.7 Å². The Labute approximate surface area is 164 Å². The molecule has 1 aromatic heterocycles. The molecule has 0 atom stereocenters. The number of nitrogens with zero attached hydrogens (tertiary/aromatic N) is 3. The highest BCUT2D eigenvalue weighted by molar-refractivity contribution is 7.89. The zero-order valence-corrected chi connectivity index (χ0v) is 17.4. The van der Waals surface area contributed by atoms with E-state index in [-0.39, 0.29) is 0 Å². The highest BCUT2D eigenvalue weighted by atomic mass is 32.2. The first-order valence-corrected chi connectivity index (χ1v) is 11.3. The summed E-state index contributed by atoms with van der Waals surface area (Å²) in [7, 11) is -3.43. The fourth-order valence-electron chi connectivity index (χ4n) is 3.36. The monoisotopic (exact) mass is 401 g/mol. The number of benzene rings is 2. The third-order valence-electron chi connectivity index (χ3n) is 5.10. The van der Waals surface area contributed by atoms with E-state index in [4.69, 9.17) is 4.98 Å². The minimum Gasteiger partial charge on any atom is -0.345 e. The Kier molecular flexibility index (Phi) is 4.70. The number of thiazole rings is 1. The van der Waals surface area contributed by atoms with Crippen molar-refractivity contribution < 1.29 is 8.42 Å². The van der Waals surface area contributed by atoms with Gasteiger partial charge >= 0.3 is 0 Å². The van der Waals surface area contributed by atoms with Gasteiger partial charge in [-0.25, -0.2) is 13.4 Å². The van der Waals surface area contributed by atoms with Crippen molar-refractivity contribution in [3.05, 3.63) is 53.1 Å². The molecule has 142 valence electrons. The molecule has 0 bridgehead atoms. The SMILES string of the molecule is Cc1ccc(S(=O)(=O)N2CCN(c3nc4c(C)ccc(C)c4s3)CC2)cc1. The van der Waals surface area contributed by atoms with Crippen LogP contribution < -0.4 is 4.90 Å². The molecule has 4 rings (SSSR count). The molecular weight excluding hydrogens is 378 g/mol. The summed E-state index contributed by atoms with van der Waals surface area (Å²) >= 11 is 1.70. The predicted molar refractivity (Wildman–Crippen MR) is 111 cm³/mol. The Morgan fingerprint density at radius 2 is 1.52 bits per heavy atom. The van der Waals surface area contributed by atoms with Gasteiger partial charge in [-0.1, -0.05) is 41.2 Å². The summed E-state index contributed by atoms with van der Waals surface area (Å²) in [5.74, 6) is 0. The van der Waals surface area contributed by atoms with E-state index in [0.29, 0.717) is 31.1 Å². The molecule has 5 nitrogen and oxygen atoms in total. The number of aryl methyl sites for hydroxylation is 3. The lowest BCUT2D eigenvalue weighted by molar-refractivity contribution is 0.385. The molecule has 7 heteroatoms. The van der Waals surface area contributed by atoms with Crippen molar-refractivity contribution in [3.63, 3.8) is 0 Å². The average Bonchev–Trinajstić information content (AvgIpc) is 3.12. The summed E-state index contributed by atoms with van der Waals surface area (Å²) < 4.78 is 28.5. The van der Waals surface area contributed by atoms with Gasteiger partial charge in [0, 0.05) is 26.2 Å². The number of hydrogen-bond acceptors (Lipinski definition) is 5. The summed E-state index contributed by atoms with van der Waals surface area (Å²) in [6.45, 7) is 8.41. The Bertz CT molecular complexity index is 1040. The van der Waals surface area contributed by atoms with Crippen LogP contribution in [0.3, 0.4) is 0 Å². The zero-order chi connectivity index (χ0) is 19.2. The molecule has 2 aromatic carbocycles. The molecule has 27 heavy (non-hydrogen) atoms. The van der Waals surface area contributed by atoms with Gasteiger partial charge in [0.25, 0.3) is 0 Å². The van der Waals surface area contributed by atoms with Gasteiger partial charge in [-0.2, -0.15) is 4.31 Å². The minimum absolute atomic E-state index is 0.368. The van der Waals surface area contributed by atoms with Gasteiger partial charge in [-0.05, 0) is 44.0 Å². The Morgan fingerprint density at radius 3 is 2.15 bits per heavy atom. The van der Waals surface area contributed by atoms with Gasteiger partial charge in [0.05, 0.1) is 15.1 Å². The highest BCUT2D eigenvalue weighted by Crippen LogP contribution is 2.33. The molecule has 0 saturated carbocycles. The molecule has 0 aliphatic carbocycles. The lowest BCUT2D eigenvalue weighted by atomic mass is 10.1. The van der Waals surface area contributed by atoms with E-state index in [2.05, 4.69) is 30.9 Å². The largest absolute Gasteiger partial charge is 0.345 e. The molecule has 1 saturated heterocycles. The average molecular weight is 402 g/mol. The maximum absolute atomic E-state index is 12.9. The van der Waals surface area contributed by atoms with Gasteiger partial charge in [0.15, 0.2) is 5.13 Å². The summed E-state index contributed by atoms with van der Waals surface area (Å²) in [5, 5.41) is 0.981. The third-order valence-corrected chi connectivity index (χ3v) is 8.26. The summed E-state index contributed by atoms with van der Waals surface area (Å²) in [6, 6.07) is 11.3. The molecule has 0 spiro atoms. The molecule has 1 aliphatic heterocycles. The van der Waals surface area contributed by atoms with Crippen molar-refractivity contribution in [3.8, 4) is 0 Å². The molecule has 0 N–H and O–H groups in total. The first kappa shape index (κ1) is 18.4. The molecule has 0 radical (unpaired) electrons. The second-order valence-electron chi connectivity index (χ2n) is 7.08. The molecule has 0 unspecified atom stereocenters. The zero-order valence-electron chi connectivity index (χ0n) is 15.8. The number of anilines is 1. The van der Waals surface area contributed by atoms with Gasteiger partial charge in [0.1, 0.15) is 0 Å². The normalized spacial score (nSPS) is 16.2. The number of hydrogen-bond donors (Lipinski definition) is 0. The van der Waals surface area contributed by atoms with Crippen molar-refractivity contribution in [2.24, 2.45) is 0 Å². The van der Waals surface area contributed by atoms with E-state index in [9.17, 15) is 8.42 Å². The molecule has 1 fully saturated rings. The van der Waals surface area contributed by atoms with Gasteiger partial charge in [0.2, 0.25) is 10.0 Å². The van der Waals surface area contributed by atoms with Crippen LogP contribution >= 0.6 is 11.3 Å². The van der Waals surface area contributed by atoms with Gasteiger partial charge < -0.3 is 4.90 Å². The maximum Gasteiger partial charge on any atom is 0.243 e. The quantitative estimate of drug-likeness (QED) is 0.671. The first-order valence-electron chi connectivity index (χ1n) is 9.05. The van der Waals surface area contributed by atoms with Crippen LogP contribution in [-0.2, 0) is 10.0 Å². The van der Waals surface area contributed by atoms with Crippen LogP contribution in [-0.4, -0.2) is 43.9 Å². The van der Waals surface area contributed by atoms with Gasteiger partial charge in [-0.3, -0.25) is 0 Å². The molecule has 1 aliphatic rings.